The lowest BCUT2D eigenvalue weighted by atomic mass is 9.99. The van der Waals surface area contributed by atoms with Gasteiger partial charge in [-0.3, -0.25) is 10.1 Å². The molecule has 1 aliphatic rings. The second kappa shape index (κ2) is 7.91. The minimum Gasteiger partial charge on any atom is -0.384 e. The van der Waals surface area contributed by atoms with Crippen LogP contribution >= 0.6 is 0 Å². The van der Waals surface area contributed by atoms with Crippen molar-refractivity contribution in [3.8, 4) is 0 Å². The zero-order chi connectivity index (χ0) is 17.7. The van der Waals surface area contributed by atoms with Crippen LogP contribution in [0.5, 0.6) is 0 Å². The Kier molecular flexibility index (Phi) is 6.14. The van der Waals surface area contributed by atoms with Crippen LogP contribution in [0, 0.1) is 16.0 Å². The van der Waals surface area contributed by atoms with Crippen LogP contribution in [0.4, 0.5) is 11.4 Å². The second-order valence-corrected chi connectivity index (χ2v) is 7.82. The SMILES string of the molecule is CC1CCN(CCCNc2ccc([N+](=O)[O-])cc2S(N)(=O)=O)CC1. The van der Waals surface area contributed by atoms with E-state index in [9.17, 15) is 18.5 Å². The van der Waals surface area contributed by atoms with E-state index in [-0.39, 0.29) is 10.6 Å². The van der Waals surface area contributed by atoms with Gasteiger partial charge in [0.1, 0.15) is 4.90 Å². The van der Waals surface area contributed by atoms with E-state index in [1.807, 2.05) is 0 Å². The Morgan fingerprint density at radius 3 is 2.62 bits per heavy atom. The Labute approximate surface area is 142 Å². The number of nitrogens with one attached hydrogen (secondary N) is 1. The fourth-order valence-electron chi connectivity index (χ4n) is 2.82. The quantitative estimate of drug-likeness (QED) is 0.437. The summed E-state index contributed by atoms with van der Waals surface area (Å²) in [7, 11) is -4.03. The average Bonchev–Trinajstić information content (AvgIpc) is 2.52. The van der Waals surface area contributed by atoms with Crippen molar-refractivity contribution in [1.29, 1.82) is 0 Å². The molecule has 0 spiro atoms. The normalized spacial score (nSPS) is 16.9. The fourth-order valence-corrected chi connectivity index (χ4v) is 3.55. The van der Waals surface area contributed by atoms with E-state index in [0.29, 0.717) is 12.2 Å². The minimum absolute atomic E-state index is 0.247. The van der Waals surface area contributed by atoms with E-state index >= 15 is 0 Å². The molecule has 24 heavy (non-hydrogen) atoms. The number of primary sulfonamides is 1. The fraction of sp³-hybridized carbons (Fsp3) is 0.600. The van der Waals surface area contributed by atoms with Gasteiger partial charge in [-0.2, -0.15) is 0 Å². The number of hydrogen-bond donors (Lipinski definition) is 2. The number of hydrogen-bond acceptors (Lipinski definition) is 6. The molecule has 3 N–H and O–H groups in total. The maximum Gasteiger partial charge on any atom is 0.270 e. The number of rotatable bonds is 7. The van der Waals surface area contributed by atoms with Crippen LogP contribution in [0.25, 0.3) is 0 Å². The Hall–Kier alpha value is -1.71. The predicted octanol–water partition coefficient (Wildman–Crippen LogP) is 1.78. The Bertz CT molecular complexity index is 685. The average molecular weight is 356 g/mol. The van der Waals surface area contributed by atoms with Crippen LogP contribution < -0.4 is 10.5 Å². The number of nitrogens with zero attached hydrogens (tertiary/aromatic N) is 2. The Morgan fingerprint density at radius 2 is 2.04 bits per heavy atom. The molecule has 0 unspecified atom stereocenters. The van der Waals surface area contributed by atoms with Gasteiger partial charge in [0.25, 0.3) is 5.69 Å². The van der Waals surface area contributed by atoms with E-state index in [1.54, 1.807) is 0 Å². The van der Waals surface area contributed by atoms with Crippen molar-refractivity contribution >= 4 is 21.4 Å². The van der Waals surface area contributed by atoms with Gasteiger partial charge >= 0.3 is 0 Å². The summed E-state index contributed by atoms with van der Waals surface area (Å²) in [6.07, 6.45) is 3.28. The van der Waals surface area contributed by atoms with Gasteiger partial charge in [0.05, 0.1) is 10.6 Å². The second-order valence-electron chi connectivity index (χ2n) is 6.29. The van der Waals surface area contributed by atoms with Gasteiger partial charge < -0.3 is 10.2 Å². The summed E-state index contributed by atoms with van der Waals surface area (Å²) in [5.74, 6) is 0.789. The number of nitro benzene ring substituents is 1. The molecule has 0 bridgehead atoms. The Balaban J connectivity index is 1.93. The lowest BCUT2D eigenvalue weighted by Gasteiger charge is -2.30. The molecule has 1 aromatic carbocycles. The smallest absolute Gasteiger partial charge is 0.270 e. The molecule has 1 aromatic rings. The Morgan fingerprint density at radius 1 is 1.38 bits per heavy atom. The van der Waals surface area contributed by atoms with Gasteiger partial charge in [0.15, 0.2) is 0 Å². The lowest BCUT2D eigenvalue weighted by molar-refractivity contribution is -0.385. The van der Waals surface area contributed by atoms with Gasteiger partial charge in [0, 0.05) is 18.7 Å². The first-order chi connectivity index (χ1) is 11.3. The van der Waals surface area contributed by atoms with Gasteiger partial charge in [-0.05, 0) is 50.9 Å². The molecule has 2 rings (SSSR count). The number of nitro groups is 1. The highest BCUT2D eigenvalue weighted by Crippen LogP contribution is 2.25. The summed E-state index contributed by atoms with van der Waals surface area (Å²) >= 11 is 0. The van der Waals surface area contributed by atoms with Crippen molar-refractivity contribution in [3.05, 3.63) is 28.3 Å². The zero-order valence-electron chi connectivity index (χ0n) is 13.8. The third kappa shape index (κ3) is 5.15. The molecule has 0 saturated carbocycles. The van der Waals surface area contributed by atoms with Crippen molar-refractivity contribution < 1.29 is 13.3 Å². The minimum atomic E-state index is -4.03. The standard InChI is InChI=1S/C15H24N4O4S/c1-12-5-9-18(10-6-12)8-2-7-17-14-4-3-13(19(20)21)11-15(14)24(16,22)23/h3-4,11-12,17H,2,5-10H2,1H3,(H2,16,22,23). The first-order valence-corrected chi connectivity index (χ1v) is 9.59. The third-order valence-electron chi connectivity index (χ3n) is 4.33. The molecule has 1 fully saturated rings. The van der Waals surface area contributed by atoms with Gasteiger partial charge in [-0.1, -0.05) is 6.92 Å². The zero-order valence-corrected chi connectivity index (χ0v) is 14.6. The van der Waals surface area contributed by atoms with Gasteiger partial charge in [-0.25, -0.2) is 13.6 Å². The first-order valence-electron chi connectivity index (χ1n) is 8.05. The van der Waals surface area contributed by atoms with Crippen LogP contribution in [-0.4, -0.2) is 44.4 Å². The first kappa shape index (κ1) is 18.6. The summed E-state index contributed by atoms with van der Waals surface area (Å²) in [4.78, 5) is 12.3. The number of piperidine rings is 1. The van der Waals surface area contributed by atoms with Crippen LogP contribution in [0.1, 0.15) is 26.2 Å². The molecule has 8 nitrogen and oxygen atoms in total. The third-order valence-corrected chi connectivity index (χ3v) is 5.28. The molecule has 1 aliphatic heterocycles. The maximum atomic E-state index is 11.6. The summed E-state index contributed by atoms with van der Waals surface area (Å²) < 4.78 is 23.3. The highest BCUT2D eigenvalue weighted by Gasteiger charge is 2.19. The highest BCUT2D eigenvalue weighted by molar-refractivity contribution is 7.89. The summed E-state index contributed by atoms with van der Waals surface area (Å²) in [6, 6.07) is 3.65. The molecule has 0 radical (unpaired) electrons. The maximum absolute atomic E-state index is 11.6. The number of benzene rings is 1. The van der Waals surface area contributed by atoms with Crippen molar-refractivity contribution in [2.45, 2.75) is 31.1 Å². The van der Waals surface area contributed by atoms with E-state index in [0.717, 1.165) is 38.0 Å². The number of nitrogens with two attached hydrogens (primary N) is 1. The highest BCUT2D eigenvalue weighted by atomic mass is 32.2. The summed E-state index contributed by atoms with van der Waals surface area (Å²) in [5.41, 5.74) is 0.00220. The van der Waals surface area contributed by atoms with Crippen LogP contribution in [-0.2, 0) is 10.0 Å². The molecule has 9 heteroatoms. The molecule has 0 aromatic heterocycles. The molecule has 0 aliphatic carbocycles. The van der Waals surface area contributed by atoms with Crippen LogP contribution in [0.3, 0.4) is 0 Å². The molecule has 1 heterocycles. The van der Waals surface area contributed by atoms with Crippen LogP contribution in [0.15, 0.2) is 23.1 Å². The molecule has 0 atom stereocenters. The molecule has 0 amide bonds. The summed E-state index contributed by atoms with van der Waals surface area (Å²) in [5, 5.41) is 19.0. The van der Waals surface area contributed by atoms with E-state index < -0.39 is 14.9 Å². The van der Waals surface area contributed by atoms with Gasteiger partial charge in [-0.15, -0.1) is 0 Å². The van der Waals surface area contributed by atoms with Crippen molar-refractivity contribution in [1.82, 2.24) is 4.90 Å². The van der Waals surface area contributed by atoms with Crippen molar-refractivity contribution in [3.63, 3.8) is 0 Å². The number of likely N-dealkylation sites (tertiary alicyclic amines) is 1. The molecule has 134 valence electrons. The molecular weight excluding hydrogens is 332 g/mol. The van der Waals surface area contributed by atoms with E-state index in [2.05, 4.69) is 17.1 Å². The monoisotopic (exact) mass is 356 g/mol. The largest absolute Gasteiger partial charge is 0.384 e. The summed E-state index contributed by atoms with van der Waals surface area (Å²) in [6.45, 7) is 5.98. The lowest BCUT2D eigenvalue weighted by Crippen LogP contribution is -2.34. The topological polar surface area (TPSA) is 119 Å². The van der Waals surface area contributed by atoms with Crippen molar-refractivity contribution in [2.75, 3.05) is 31.5 Å². The predicted molar refractivity (Wildman–Crippen MR) is 92.4 cm³/mol. The molecular formula is C15H24N4O4S. The van der Waals surface area contributed by atoms with E-state index in [1.165, 1.54) is 25.0 Å². The van der Waals surface area contributed by atoms with Gasteiger partial charge in [0.2, 0.25) is 10.0 Å². The van der Waals surface area contributed by atoms with Crippen LogP contribution in [0.2, 0.25) is 0 Å². The number of non-ortho nitro benzene ring substituents is 1. The number of anilines is 1. The molecule has 1 saturated heterocycles. The van der Waals surface area contributed by atoms with Crippen molar-refractivity contribution in [2.24, 2.45) is 11.1 Å². The van der Waals surface area contributed by atoms with E-state index in [4.69, 9.17) is 5.14 Å². The number of sulfonamides is 1.